The molecule has 140 valence electrons. The molecule has 0 aliphatic carbocycles. The Labute approximate surface area is 158 Å². The van der Waals surface area contributed by atoms with Crippen molar-refractivity contribution >= 4 is 32.2 Å². The fourth-order valence-corrected chi connectivity index (χ4v) is 5.04. The van der Waals surface area contributed by atoms with Crippen molar-refractivity contribution in [1.29, 1.82) is 0 Å². The largest absolute Gasteiger partial charge is 0.356 e. The van der Waals surface area contributed by atoms with Crippen LogP contribution in [0.1, 0.15) is 19.3 Å². The highest BCUT2D eigenvalue weighted by atomic mass is 32.2. The molecule has 1 amide bonds. The monoisotopic (exact) mass is 393 g/mol. The van der Waals surface area contributed by atoms with Gasteiger partial charge in [0.05, 0.1) is 10.6 Å². The zero-order valence-electron chi connectivity index (χ0n) is 14.5. The molecule has 1 aromatic carbocycles. The van der Waals surface area contributed by atoms with Crippen LogP contribution in [0.5, 0.6) is 0 Å². The molecule has 2 aromatic rings. The highest BCUT2D eigenvalue weighted by molar-refractivity contribution is 7.91. The van der Waals surface area contributed by atoms with E-state index in [9.17, 15) is 13.2 Å². The van der Waals surface area contributed by atoms with Gasteiger partial charge in [0.1, 0.15) is 0 Å². The van der Waals surface area contributed by atoms with Crippen molar-refractivity contribution in [3.05, 3.63) is 41.9 Å². The summed E-state index contributed by atoms with van der Waals surface area (Å²) >= 11 is 1.63. The topological polar surface area (TPSA) is 79.4 Å². The van der Waals surface area contributed by atoms with Gasteiger partial charge in [0.2, 0.25) is 5.91 Å². The molecule has 0 spiro atoms. The number of hydrogen-bond acceptors (Lipinski definition) is 6. The number of nitrogens with zero attached hydrogens (tertiary/aromatic N) is 2. The van der Waals surface area contributed by atoms with Crippen molar-refractivity contribution < 1.29 is 13.2 Å². The average molecular weight is 394 g/mol. The number of carbonyl (C=O) groups excluding carboxylic acids is 1. The van der Waals surface area contributed by atoms with Crippen molar-refractivity contribution in [2.45, 2.75) is 24.2 Å². The first-order valence-electron chi connectivity index (χ1n) is 8.73. The molecule has 1 saturated heterocycles. The normalized spacial score (nSPS) is 17.8. The minimum Gasteiger partial charge on any atom is -0.356 e. The van der Waals surface area contributed by atoms with E-state index in [1.165, 1.54) is 0 Å². The molecule has 1 unspecified atom stereocenters. The summed E-state index contributed by atoms with van der Waals surface area (Å²) < 4.78 is 24.4. The zero-order valence-corrected chi connectivity index (χ0v) is 16.1. The maximum Gasteiger partial charge on any atom is 0.221 e. The summed E-state index contributed by atoms with van der Waals surface area (Å²) in [5, 5.41) is 5.88. The minimum atomic E-state index is -3.41. The molecule has 26 heavy (non-hydrogen) atoms. The Balaban J connectivity index is 1.44. The van der Waals surface area contributed by atoms with E-state index < -0.39 is 9.84 Å². The number of carbonyl (C=O) groups is 1. The third-order valence-electron chi connectivity index (χ3n) is 4.50. The van der Waals surface area contributed by atoms with Crippen LogP contribution in [0.15, 0.2) is 46.8 Å². The first-order chi connectivity index (χ1) is 12.5. The molecule has 1 aromatic heterocycles. The van der Waals surface area contributed by atoms with Gasteiger partial charge in [0.25, 0.3) is 0 Å². The van der Waals surface area contributed by atoms with E-state index >= 15 is 0 Å². The summed E-state index contributed by atoms with van der Waals surface area (Å²) in [6.45, 7) is 2.44. The predicted molar refractivity (Wildman–Crippen MR) is 103 cm³/mol. The number of aromatic nitrogens is 1. The van der Waals surface area contributed by atoms with Crippen molar-refractivity contribution in [3.8, 4) is 0 Å². The Kier molecular flexibility index (Phi) is 6.26. The standard InChI is InChI=1S/C18H23N3O3S2/c22-17(8-12-26(23,24)16-6-2-1-3-7-16)20-13-15-5-4-10-21(14-15)18-19-9-11-25-18/h1-3,6-7,9,11,15H,4-5,8,10,12-14H2,(H,20,22). The van der Waals surface area contributed by atoms with Gasteiger partial charge in [0.15, 0.2) is 15.0 Å². The lowest BCUT2D eigenvalue weighted by atomic mass is 9.98. The molecule has 1 atom stereocenters. The summed E-state index contributed by atoms with van der Waals surface area (Å²) in [5.41, 5.74) is 0. The molecule has 0 bridgehead atoms. The minimum absolute atomic E-state index is 0.0137. The van der Waals surface area contributed by atoms with Gasteiger partial charge in [0, 0.05) is 37.6 Å². The van der Waals surface area contributed by atoms with Crippen LogP contribution in [0.4, 0.5) is 5.13 Å². The van der Waals surface area contributed by atoms with Crippen LogP contribution in [0.3, 0.4) is 0 Å². The van der Waals surface area contributed by atoms with Crippen LogP contribution >= 0.6 is 11.3 Å². The van der Waals surface area contributed by atoms with Crippen molar-refractivity contribution in [2.24, 2.45) is 5.92 Å². The fourth-order valence-electron chi connectivity index (χ4n) is 3.10. The quantitative estimate of drug-likeness (QED) is 0.781. The number of nitrogens with one attached hydrogen (secondary N) is 1. The molecule has 1 fully saturated rings. The van der Waals surface area contributed by atoms with Crippen LogP contribution in [0.25, 0.3) is 0 Å². The van der Waals surface area contributed by atoms with Crippen molar-refractivity contribution in [2.75, 3.05) is 30.3 Å². The summed E-state index contributed by atoms with van der Waals surface area (Å²) in [7, 11) is -3.41. The van der Waals surface area contributed by atoms with Gasteiger partial charge in [-0.3, -0.25) is 4.79 Å². The van der Waals surface area contributed by atoms with Gasteiger partial charge in [-0.15, -0.1) is 11.3 Å². The molecular formula is C18H23N3O3S2. The van der Waals surface area contributed by atoms with E-state index in [1.54, 1.807) is 47.9 Å². The SMILES string of the molecule is O=C(CCS(=O)(=O)c1ccccc1)NCC1CCCN(c2nccs2)C1. The molecule has 3 rings (SSSR count). The number of thiazole rings is 1. The maximum absolute atomic E-state index is 12.2. The number of anilines is 1. The maximum atomic E-state index is 12.2. The first kappa shape index (κ1) is 18.8. The highest BCUT2D eigenvalue weighted by Gasteiger charge is 2.22. The Bertz CT molecular complexity index is 807. The summed E-state index contributed by atoms with van der Waals surface area (Å²) in [6.07, 6.45) is 3.92. The smallest absolute Gasteiger partial charge is 0.221 e. The van der Waals surface area contributed by atoms with Crippen molar-refractivity contribution in [3.63, 3.8) is 0 Å². The third-order valence-corrected chi connectivity index (χ3v) is 7.06. The van der Waals surface area contributed by atoms with E-state index in [-0.39, 0.29) is 23.0 Å². The molecule has 6 nitrogen and oxygen atoms in total. The van der Waals surface area contributed by atoms with Gasteiger partial charge in [-0.25, -0.2) is 13.4 Å². The molecule has 1 aliphatic heterocycles. The van der Waals surface area contributed by atoms with Gasteiger partial charge in [-0.05, 0) is 30.9 Å². The summed E-state index contributed by atoms with van der Waals surface area (Å²) in [4.78, 5) is 18.9. The number of sulfone groups is 1. The van der Waals surface area contributed by atoms with Gasteiger partial charge < -0.3 is 10.2 Å². The van der Waals surface area contributed by atoms with E-state index in [1.807, 2.05) is 5.38 Å². The van der Waals surface area contributed by atoms with E-state index in [2.05, 4.69) is 15.2 Å². The van der Waals surface area contributed by atoms with Crippen LogP contribution in [-0.2, 0) is 14.6 Å². The lowest BCUT2D eigenvalue weighted by Crippen LogP contribution is -2.41. The third kappa shape index (κ3) is 5.04. The molecular weight excluding hydrogens is 370 g/mol. The fraction of sp³-hybridized carbons (Fsp3) is 0.444. The summed E-state index contributed by atoms with van der Waals surface area (Å²) in [6, 6.07) is 8.25. The van der Waals surface area contributed by atoms with Gasteiger partial charge >= 0.3 is 0 Å². The number of amides is 1. The lowest BCUT2D eigenvalue weighted by Gasteiger charge is -2.32. The zero-order chi connectivity index (χ0) is 18.4. The second-order valence-electron chi connectivity index (χ2n) is 6.45. The number of rotatable bonds is 7. The first-order valence-corrected chi connectivity index (χ1v) is 11.3. The van der Waals surface area contributed by atoms with E-state index in [0.717, 1.165) is 31.1 Å². The number of hydrogen-bond donors (Lipinski definition) is 1. The highest BCUT2D eigenvalue weighted by Crippen LogP contribution is 2.24. The predicted octanol–water partition coefficient (Wildman–Crippen LogP) is 2.34. The number of piperidine rings is 1. The molecule has 0 saturated carbocycles. The van der Waals surface area contributed by atoms with Crippen LogP contribution in [0, 0.1) is 5.92 Å². The van der Waals surface area contributed by atoms with Gasteiger partial charge in [-0.1, -0.05) is 18.2 Å². The van der Waals surface area contributed by atoms with Crippen LogP contribution in [-0.4, -0.2) is 44.7 Å². The second-order valence-corrected chi connectivity index (χ2v) is 9.44. The Hall–Kier alpha value is -1.93. The molecule has 0 radical (unpaired) electrons. The van der Waals surface area contributed by atoms with Crippen LogP contribution in [0.2, 0.25) is 0 Å². The van der Waals surface area contributed by atoms with E-state index in [4.69, 9.17) is 0 Å². The number of benzene rings is 1. The Morgan fingerprint density at radius 3 is 2.85 bits per heavy atom. The molecule has 1 aliphatic rings. The van der Waals surface area contributed by atoms with Gasteiger partial charge in [-0.2, -0.15) is 0 Å². The lowest BCUT2D eigenvalue weighted by molar-refractivity contribution is -0.120. The van der Waals surface area contributed by atoms with Crippen LogP contribution < -0.4 is 10.2 Å². The molecule has 2 heterocycles. The molecule has 1 N–H and O–H groups in total. The summed E-state index contributed by atoms with van der Waals surface area (Å²) in [5.74, 6) is -0.0168. The average Bonchev–Trinajstić information content (AvgIpc) is 3.21. The van der Waals surface area contributed by atoms with E-state index in [0.29, 0.717) is 12.5 Å². The molecule has 8 heteroatoms. The Morgan fingerprint density at radius 1 is 1.31 bits per heavy atom. The van der Waals surface area contributed by atoms with Crippen molar-refractivity contribution in [1.82, 2.24) is 10.3 Å². The second kappa shape index (κ2) is 8.64. The Morgan fingerprint density at radius 2 is 2.12 bits per heavy atom.